The van der Waals surface area contributed by atoms with E-state index in [4.69, 9.17) is 9.47 Å². The predicted molar refractivity (Wildman–Crippen MR) is 170 cm³/mol. The number of nitro benzene ring substituents is 1. The number of Topliss-reactive ketones (excluding diaryl/α,β-unsaturated/α-hetero) is 1. The molecule has 0 bridgehead atoms. The summed E-state index contributed by atoms with van der Waals surface area (Å²) in [7, 11) is 1.29. The number of amides is 1. The Balaban J connectivity index is 1.48. The van der Waals surface area contributed by atoms with Gasteiger partial charge in [-0.1, -0.05) is 42.5 Å². The van der Waals surface area contributed by atoms with Gasteiger partial charge in [0.15, 0.2) is 5.78 Å². The van der Waals surface area contributed by atoms with E-state index in [2.05, 4.69) is 15.6 Å². The highest BCUT2D eigenvalue weighted by molar-refractivity contribution is 7.98. The molecule has 2 N–H and O–H groups in total. The molecule has 2 heterocycles. The van der Waals surface area contributed by atoms with Crippen molar-refractivity contribution < 1.29 is 28.8 Å². The normalized spacial score (nSPS) is 17.4. The summed E-state index contributed by atoms with van der Waals surface area (Å²) in [4.78, 5) is 54.6. The van der Waals surface area contributed by atoms with Gasteiger partial charge in [-0.05, 0) is 48.9 Å². The number of benzene rings is 2. The van der Waals surface area contributed by atoms with Gasteiger partial charge in [-0.15, -0.1) is 0 Å². The van der Waals surface area contributed by atoms with Crippen LogP contribution in [0.1, 0.15) is 36.1 Å². The molecule has 1 aliphatic heterocycles. The first-order chi connectivity index (χ1) is 21.7. The minimum absolute atomic E-state index is 0.00839. The second-order valence-electron chi connectivity index (χ2n) is 11.0. The Morgan fingerprint density at radius 1 is 1.16 bits per heavy atom. The van der Waals surface area contributed by atoms with Crippen LogP contribution in [0.4, 0.5) is 5.69 Å². The number of non-ortho nitro benzene ring substituents is 1. The highest BCUT2D eigenvalue weighted by Gasteiger charge is 2.42. The van der Waals surface area contributed by atoms with E-state index in [1.807, 2.05) is 41.2 Å². The third kappa shape index (κ3) is 9.22. The molecule has 3 atom stereocenters. The molecule has 0 aliphatic carbocycles. The van der Waals surface area contributed by atoms with Gasteiger partial charge in [0.2, 0.25) is 5.91 Å². The van der Waals surface area contributed by atoms with Crippen LogP contribution in [-0.2, 0) is 43.2 Å². The zero-order chi connectivity index (χ0) is 32.2. The molecular formula is C32H39N5O7S. The number of ether oxygens (including phenoxy) is 2. The third-order valence-corrected chi connectivity index (χ3v) is 8.56. The average molecular weight is 638 g/mol. The SMILES string of the molecule is COC(=O)[C@@H](CCSC)NC(=O)C(Cc1ccccc1)OC[C@]1(C(=O)Cc2cncn2Cc2ccc([N+](=O)[O-])cc2)CCCN1. The quantitative estimate of drug-likeness (QED) is 0.128. The molecule has 13 heteroatoms. The molecule has 0 saturated carbocycles. The number of methoxy groups -OCH3 is 1. The molecule has 1 aromatic heterocycles. The zero-order valence-electron chi connectivity index (χ0n) is 25.5. The summed E-state index contributed by atoms with van der Waals surface area (Å²) in [6, 6.07) is 14.9. The number of nitrogens with zero attached hydrogens (tertiary/aromatic N) is 3. The summed E-state index contributed by atoms with van der Waals surface area (Å²) < 4.78 is 13.0. The lowest BCUT2D eigenvalue weighted by atomic mass is 9.90. The first-order valence-electron chi connectivity index (χ1n) is 14.8. The van der Waals surface area contributed by atoms with Crippen LogP contribution in [0.2, 0.25) is 0 Å². The van der Waals surface area contributed by atoms with Gasteiger partial charge in [0, 0.05) is 37.0 Å². The van der Waals surface area contributed by atoms with Crippen LogP contribution in [0.15, 0.2) is 67.1 Å². The first kappa shape index (κ1) is 33.8. The molecule has 1 saturated heterocycles. The first-order valence-corrected chi connectivity index (χ1v) is 16.2. The fourth-order valence-corrected chi connectivity index (χ4v) is 5.80. The largest absolute Gasteiger partial charge is 0.467 e. The molecule has 1 unspecified atom stereocenters. The molecule has 240 valence electrons. The van der Waals surface area contributed by atoms with Crippen LogP contribution in [0.25, 0.3) is 0 Å². The van der Waals surface area contributed by atoms with E-state index in [0.717, 1.165) is 17.5 Å². The van der Waals surface area contributed by atoms with Crippen molar-refractivity contribution in [3.8, 4) is 0 Å². The molecule has 1 fully saturated rings. The second-order valence-corrected chi connectivity index (χ2v) is 12.0. The van der Waals surface area contributed by atoms with Crippen molar-refractivity contribution in [3.63, 3.8) is 0 Å². The van der Waals surface area contributed by atoms with Gasteiger partial charge in [-0.2, -0.15) is 11.8 Å². The van der Waals surface area contributed by atoms with Crippen LogP contribution in [-0.4, -0.2) is 82.1 Å². The minimum atomic E-state index is -1.00. The van der Waals surface area contributed by atoms with Crippen molar-refractivity contribution in [2.45, 2.75) is 56.3 Å². The van der Waals surface area contributed by atoms with E-state index < -0.39 is 34.5 Å². The Morgan fingerprint density at radius 2 is 1.91 bits per heavy atom. The number of aromatic nitrogens is 2. The van der Waals surface area contributed by atoms with E-state index in [9.17, 15) is 24.5 Å². The molecule has 4 rings (SSSR count). The predicted octanol–water partition coefficient (Wildman–Crippen LogP) is 3.11. The molecule has 12 nitrogen and oxygen atoms in total. The molecule has 0 spiro atoms. The molecule has 2 aromatic carbocycles. The highest BCUT2D eigenvalue weighted by Crippen LogP contribution is 2.25. The highest BCUT2D eigenvalue weighted by atomic mass is 32.2. The number of ketones is 1. The van der Waals surface area contributed by atoms with Crippen molar-refractivity contribution in [3.05, 3.63) is 94.1 Å². The third-order valence-electron chi connectivity index (χ3n) is 7.92. The monoisotopic (exact) mass is 637 g/mol. The number of rotatable bonds is 17. The summed E-state index contributed by atoms with van der Waals surface area (Å²) in [5.41, 5.74) is 1.42. The number of hydrogen-bond donors (Lipinski definition) is 2. The molecule has 0 radical (unpaired) electrons. The maximum absolute atomic E-state index is 13.9. The Morgan fingerprint density at radius 3 is 2.56 bits per heavy atom. The number of hydrogen-bond acceptors (Lipinski definition) is 10. The lowest BCUT2D eigenvalue weighted by molar-refractivity contribution is -0.384. The summed E-state index contributed by atoms with van der Waals surface area (Å²) in [5, 5.41) is 17.2. The van der Waals surface area contributed by atoms with Gasteiger partial charge in [-0.3, -0.25) is 19.7 Å². The topological polar surface area (TPSA) is 155 Å². The van der Waals surface area contributed by atoms with Crippen molar-refractivity contribution in [1.82, 2.24) is 20.2 Å². The number of carbonyl (C=O) groups is 3. The molecule has 1 amide bonds. The van der Waals surface area contributed by atoms with Crippen LogP contribution < -0.4 is 10.6 Å². The Bertz CT molecular complexity index is 1440. The fourth-order valence-electron chi connectivity index (χ4n) is 5.33. The number of carbonyl (C=O) groups excluding carboxylic acids is 3. The lowest BCUT2D eigenvalue weighted by Gasteiger charge is -2.30. The van der Waals surface area contributed by atoms with Crippen molar-refractivity contribution in [2.24, 2.45) is 0 Å². The maximum atomic E-state index is 13.9. The van der Waals surface area contributed by atoms with Gasteiger partial charge in [0.1, 0.15) is 17.7 Å². The zero-order valence-corrected chi connectivity index (χ0v) is 26.3. The van der Waals surface area contributed by atoms with E-state index >= 15 is 0 Å². The summed E-state index contributed by atoms with van der Waals surface area (Å²) in [5.74, 6) is -0.397. The molecule has 1 aliphatic rings. The fraction of sp³-hybridized carbons (Fsp3) is 0.438. The summed E-state index contributed by atoms with van der Waals surface area (Å²) in [6.45, 7) is 1.00. The van der Waals surface area contributed by atoms with Gasteiger partial charge in [0.25, 0.3) is 5.69 Å². The van der Waals surface area contributed by atoms with E-state index in [1.54, 1.807) is 36.4 Å². The lowest BCUT2D eigenvalue weighted by Crippen LogP contribution is -2.54. The number of imidazole rings is 1. The minimum Gasteiger partial charge on any atom is -0.467 e. The van der Waals surface area contributed by atoms with Crippen molar-refractivity contribution in [1.29, 1.82) is 0 Å². The second kappa shape index (κ2) is 16.3. The average Bonchev–Trinajstić information content (AvgIpc) is 3.71. The molecule has 3 aromatic rings. The number of nitrogens with one attached hydrogen (secondary N) is 2. The molecule has 45 heavy (non-hydrogen) atoms. The van der Waals surface area contributed by atoms with Gasteiger partial charge < -0.3 is 24.7 Å². The Hall–Kier alpha value is -4.07. The summed E-state index contributed by atoms with van der Waals surface area (Å²) >= 11 is 1.56. The van der Waals surface area contributed by atoms with Crippen LogP contribution >= 0.6 is 11.8 Å². The maximum Gasteiger partial charge on any atom is 0.328 e. The Labute approximate surface area is 266 Å². The van der Waals surface area contributed by atoms with Gasteiger partial charge in [-0.25, -0.2) is 9.78 Å². The van der Waals surface area contributed by atoms with Crippen molar-refractivity contribution in [2.75, 3.05) is 32.3 Å². The standard InChI is InChI=1S/C32H39N5O7S/c1-43-31(40)27(13-16-45-2)35-30(39)28(17-23-7-4-3-5-8-23)44-21-32(14-6-15-34-32)29(38)18-26-19-33-22-36(26)20-24-9-11-25(12-10-24)37(41)42/h3-5,7-12,19,22,27-28,34H,6,13-18,20-21H2,1-2H3,(H,35,39)/t27-,28?,32+/m1/s1. The molecular weight excluding hydrogens is 598 g/mol. The van der Waals surface area contributed by atoms with E-state index in [0.29, 0.717) is 37.4 Å². The van der Waals surface area contributed by atoms with Crippen LogP contribution in [0.3, 0.4) is 0 Å². The summed E-state index contributed by atoms with van der Waals surface area (Å²) in [6.07, 6.45) is 6.30. The number of esters is 1. The number of nitro groups is 1. The van der Waals surface area contributed by atoms with Crippen LogP contribution in [0.5, 0.6) is 0 Å². The smallest absolute Gasteiger partial charge is 0.328 e. The van der Waals surface area contributed by atoms with Gasteiger partial charge in [0.05, 0.1) is 31.4 Å². The van der Waals surface area contributed by atoms with Gasteiger partial charge >= 0.3 is 5.97 Å². The van der Waals surface area contributed by atoms with Crippen LogP contribution in [0, 0.1) is 10.1 Å². The number of thioether (sulfide) groups is 1. The van der Waals surface area contributed by atoms with Crippen molar-refractivity contribution >= 4 is 35.1 Å². The van der Waals surface area contributed by atoms with E-state index in [1.165, 1.54) is 19.2 Å². The Kier molecular flexibility index (Phi) is 12.2. The van der Waals surface area contributed by atoms with E-state index in [-0.39, 0.29) is 30.9 Å².